The van der Waals surface area contributed by atoms with Crippen molar-refractivity contribution in [1.82, 2.24) is 0 Å². The monoisotopic (exact) mass is 210 g/mol. The number of carbonyl (C=O) groups is 2. The molecule has 80 valence electrons. The molecule has 0 aliphatic heterocycles. The van der Waals surface area contributed by atoms with Crippen LogP contribution in [0.2, 0.25) is 0 Å². The fourth-order valence-electron chi connectivity index (χ4n) is 1.28. The summed E-state index contributed by atoms with van der Waals surface area (Å²) < 4.78 is 0. The number of carboxylic acids is 2. The second-order valence-electron chi connectivity index (χ2n) is 3.11. The highest BCUT2D eigenvalue weighted by molar-refractivity contribution is 5.94. The summed E-state index contributed by atoms with van der Waals surface area (Å²) in [5, 5.41) is 26.9. The van der Waals surface area contributed by atoms with Crippen LogP contribution in [0.15, 0.2) is 18.2 Å². The molecule has 3 N–H and O–H groups in total. The topological polar surface area (TPSA) is 94.8 Å². The Balaban J connectivity index is 3.35. The first-order valence-electron chi connectivity index (χ1n) is 4.23. The predicted molar refractivity (Wildman–Crippen MR) is 51.1 cm³/mol. The van der Waals surface area contributed by atoms with Gasteiger partial charge in [0.1, 0.15) is 11.3 Å². The molecule has 0 saturated heterocycles. The van der Waals surface area contributed by atoms with E-state index in [9.17, 15) is 14.7 Å². The van der Waals surface area contributed by atoms with Crippen LogP contribution in [0.25, 0.3) is 0 Å². The van der Waals surface area contributed by atoms with E-state index < -0.39 is 23.6 Å². The maximum Gasteiger partial charge on any atom is 0.339 e. The van der Waals surface area contributed by atoms with Crippen molar-refractivity contribution in [1.29, 1.82) is 0 Å². The number of hydrogen-bond donors (Lipinski definition) is 3. The van der Waals surface area contributed by atoms with Crippen LogP contribution in [0.4, 0.5) is 0 Å². The van der Waals surface area contributed by atoms with Gasteiger partial charge in [0.2, 0.25) is 0 Å². The first-order chi connectivity index (χ1) is 6.95. The molecule has 1 aromatic carbocycles. The van der Waals surface area contributed by atoms with Crippen LogP contribution in [-0.2, 0) is 4.79 Å². The van der Waals surface area contributed by atoms with Crippen LogP contribution in [-0.4, -0.2) is 27.3 Å². The molecule has 0 heterocycles. The molecule has 5 nitrogen and oxygen atoms in total. The van der Waals surface area contributed by atoms with Crippen molar-refractivity contribution in [3.05, 3.63) is 29.3 Å². The van der Waals surface area contributed by atoms with Crippen molar-refractivity contribution in [3.8, 4) is 5.75 Å². The van der Waals surface area contributed by atoms with E-state index in [1.807, 2.05) is 0 Å². The van der Waals surface area contributed by atoms with E-state index in [4.69, 9.17) is 10.2 Å². The fraction of sp³-hybridized carbons (Fsp3) is 0.200. The SMILES string of the molecule is CC(C(=O)O)c1cccc(O)c1C(=O)O. The molecule has 1 atom stereocenters. The number of hydrogen-bond acceptors (Lipinski definition) is 3. The van der Waals surface area contributed by atoms with Gasteiger partial charge in [-0.3, -0.25) is 4.79 Å². The first-order valence-corrected chi connectivity index (χ1v) is 4.23. The minimum atomic E-state index is -1.34. The van der Waals surface area contributed by atoms with Gasteiger partial charge in [-0.2, -0.15) is 0 Å². The lowest BCUT2D eigenvalue weighted by molar-refractivity contribution is -0.138. The van der Waals surface area contributed by atoms with Crippen LogP contribution < -0.4 is 0 Å². The average molecular weight is 210 g/mol. The Morgan fingerprint density at radius 3 is 2.33 bits per heavy atom. The zero-order valence-corrected chi connectivity index (χ0v) is 7.97. The van der Waals surface area contributed by atoms with Crippen molar-refractivity contribution >= 4 is 11.9 Å². The molecule has 0 spiro atoms. The average Bonchev–Trinajstić information content (AvgIpc) is 2.15. The maximum absolute atomic E-state index is 10.8. The van der Waals surface area contributed by atoms with Gasteiger partial charge < -0.3 is 15.3 Å². The van der Waals surface area contributed by atoms with Crippen LogP contribution in [0, 0.1) is 0 Å². The second kappa shape index (κ2) is 4.00. The zero-order chi connectivity index (χ0) is 11.6. The van der Waals surface area contributed by atoms with E-state index in [1.54, 1.807) is 0 Å². The van der Waals surface area contributed by atoms with Crippen LogP contribution >= 0.6 is 0 Å². The molecule has 0 saturated carbocycles. The molecule has 5 heteroatoms. The third-order valence-corrected chi connectivity index (χ3v) is 2.13. The smallest absolute Gasteiger partial charge is 0.339 e. The summed E-state index contributed by atoms with van der Waals surface area (Å²) in [6.45, 7) is 1.36. The molecule has 0 amide bonds. The Bertz CT molecular complexity index is 410. The Morgan fingerprint density at radius 2 is 1.87 bits per heavy atom. The van der Waals surface area contributed by atoms with Gasteiger partial charge in [-0.1, -0.05) is 12.1 Å². The predicted octanol–water partition coefficient (Wildman–Crippen LogP) is 1.28. The number of phenols is 1. The fourth-order valence-corrected chi connectivity index (χ4v) is 1.28. The van der Waals surface area contributed by atoms with Crippen LogP contribution in [0.1, 0.15) is 28.8 Å². The van der Waals surface area contributed by atoms with E-state index in [1.165, 1.54) is 25.1 Å². The first kappa shape index (κ1) is 11.0. The highest BCUT2D eigenvalue weighted by Crippen LogP contribution is 2.27. The second-order valence-corrected chi connectivity index (χ2v) is 3.11. The summed E-state index contributed by atoms with van der Waals surface area (Å²) >= 11 is 0. The number of rotatable bonds is 3. The van der Waals surface area contributed by atoms with Gasteiger partial charge in [-0.15, -0.1) is 0 Å². The molecule has 1 aromatic rings. The Kier molecular flexibility index (Phi) is 2.94. The number of benzene rings is 1. The molecule has 0 bridgehead atoms. The molecule has 0 aromatic heterocycles. The van der Waals surface area contributed by atoms with Gasteiger partial charge in [0, 0.05) is 0 Å². The molecule has 15 heavy (non-hydrogen) atoms. The Labute approximate surface area is 85.6 Å². The van der Waals surface area contributed by atoms with Crippen molar-refractivity contribution in [2.45, 2.75) is 12.8 Å². The van der Waals surface area contributed by atoms with Crippen LogP contribution in [0.5, 0.6) is 5.75 Å². The molecule has 0 radical (unpaired) electrons. The molecular formula is C10H10O5. The minimum Gasteiger partial charge on any atom is -0.507 e. The van der Waals surface area contributed by atoms with Crippen LogP contribution in [0.3, 0.4) is 0 Å². The lowest BCUT2D eigenvalue weighted by atomic mass is 9.95. The van der Waals surface area contributed by atoms with Gasteiger partial charge in [-0.05, 0) is 18.6 Å². The highest BCUT2D eigenvalue weighted by atomic mass is 16.4. The van der Waals surface area contributed by atoms with Crippen molar-refractivity contribution in [2.24, 2.45) is 0 Å². The van der Waals surface area contributed by atoms with Gasteiger partial charge >= 0.3 is 11.9 Å². The van der Waals surface area contributed by atoms with E-state index in [-0.39, 0.29) is 11.1 Å². The maximum atomic E-state index is 10.8. The highest BCUT2D eigenvalue weighted by Gasteiger charge is 2.23. The standard InChI is InChI=1S/C10H10O5/c1-5(9(12)13)6-3-2-4-7(11)8(6)10(14)15/h2-5,11H,1H3,(H,12,13)(H,14,15). The summed E-state index contributed by atoms with van der Waals surface area (Å²) in [6, 6.07) is 4.00. The third kappa shape index (κ3) is 2.07. The number of aromatic carboxylic acids is 1. The lowest BCUT2D eigenvalue weighted by Crippen LogP contribution is -2.12. The zero-order valence-electron chi connectivity index (χ0n) is 7.97. The van der Waals surface area contributed by atoms with Gasteiger partial charge in [0.15, 0.2) is 0 Å². The number of aromatic hydroxyl groups is 1. The molecule has 1 rings (SSSR count). The molecule has 1 unspecified atom stereocenters. The lowest BCUT2D eigenvalue weighted by Gasteiger charge is -2.11. The van der Waals surface area contributed by atoms with Gasteiger partial charge in [-0.25, -0.2) is 4.79 Å². The van der Waals surface area contributed by atoms with Gasteiger partial charge in [0.25, 0.3) is 0 Å². The minimum absolute atomic E-state index is 0.0926. The molecule has 0 aliphatic rings. The molecule has 0 aliphatic carbocycles. The van der Waals surface area contributed by atoms with Gasteiger partial charge in [0.05, 0.1) is 5.92 Å². The van der Waals surface area contributed by atoms with Crippen molar-refractivity contribution < 1.29 is 24.9 Å². The van der Waals surface area contributed by atoms with E-state index in [2.05, 4.69) is 0 Å². The quantitative estimate of drug-likeness (QED) is 0.698. The Morgan fingerprint density at radius 1 is 1.27 bits per heavy atom. The molecule has 0 fully saturated rings. The summed E-state index contributed by atoms with van der Waals surface area (Å²) in [5.74, 6) is -3.87. The molecular weight excluding hydrogens is 200 g/mol. The van der Waals surface area contributed by atoms with Crippen molar-refractivity contribution in [3.63, 3.8) is 0 Å². The summed E-state index contributed by atoms with van der Waals surface area (Å²) in [5.41, 5.74) is -0.262. The normalized spacial score (nSPS) is 12.1. The summed E-state index contributed by atoms with van der Waals surface area (Å²) in [4.78, 5) is 21.5. The van der Waals surface area contributed by atoms with Crippen molar-refractivity contribution in [2.75, 3.05) is 0 Å². The summed E-state index contributed by atoms with van der Waals surface area (Å²) in [7, 11) is 0. The summed E-state index contributed by atoms with van der Waals surface area (Å²) in [6.07, 6.45) is 0. The third-order valence-electron chi connectivity index (χ3n) is 2.13. The largest absolute Gasteiger partial charge is 0.507 e. The number of aliphatic carboxylic acids is 1. The van der Waals surface area contributed by atoms with E-state index in [0.29, 0.717) is 0 Å². The van der Waals surface area contributed by atoms with E-state index >= 15 is 0 Å². The van der Waals surface area contributed by atoms with E-state index in [0.717, 1.165) is 0 Å². The number of carboxylic acid groups (broad SMARTS) is 2. The Hall–Kier alpha value is -2.04.